The second-order valence-electron chi connectivity index (χ2n) is 8.34. The second-order valence-corrected chi connectivity index (χ2v) is 8.78. The van der Waals surface area contributed by atoms with Gasteiger partial charge in [0, 0.05) is 32.3 Å². The lowest BCUT2D eigenvalue weighted by atomic mass is 9.98. The summed E-state index contributed by atoms with van der Waals surface area (Å²) >= 11 is 6.33. The van der Waals surface area contributed by atoms with Gasteiger partial charge < -0.3 is 8.98 Å². The molecule has 0 bridgehead atoms. The molecule has 7 aromatic rings. The largest absolute Gasteiger partial charge is 0.456 e. The van der Waals surface area contributed by atoms with E-state index in [4.69, 9.17) is 16.0 Å². The van der Waals surface area contributed by atoms with Crippen LogP contribution in [0.25, 0.3) is 60.6 Å². The first kappa shape index (κ1) is 18.6. The summed E-state index contributed by atoms with van der Waals surface area (Å²) in [5.74, 6) is 0. The molecule has 0 aliphatic rings. The number of fused-ring (bicyclic) bond motifs is 6. The number of hydrogen-bond acceptors (Lipinski definition) is 1. The zero-order valence-corrected chi connectivity index (χ0v) is 18.4. The van der Waals surface area contributed by atoms with Gasteiger partial charge in [0.1, 0.15) is 11.2 Å². The highest BCUT2D eigenvalue weighted by atomic mass is 35.5. The van der Waals surface area contributed by atoms with Crippen molar-refractivity contribution < 1.29 is 4.42 Å². The van der Waals surface area contributed by atoms with E-state index >= 15 is 0 Å². The van der Waals surface area contributed by atoms with E-state index in [-0.39, 0.29) is 0 Å². The van der Waals surface area contributed by atoms with Crippen LogP contribution in [0, 0.1) is 0 Å². The molecule has 0 saturated carbocycles. The number of rotatable bonds is 2. The lowest BCUT2D eigenvalue weighted by molar-refractivity contribution is 0.669. The molecule has 33 heavy (non-hydrogen) atoms. The molecule has 0 amide bonds. The maximum atomic E-state index is 6.33. The third-order valence-corrected chi connectivity index (χ3v) is 6.69. The molecule has 0 fully saturated rings. The van der Waals surface area contributed by atoms with Crippen molar-refractivity contribution in [1.82, 2.24) is 4.57 Å². The molecule has 5 aromatic carbocycles. The van der Waals surface area contributed by atoms with Gasteiger partial charge in [0.2, 0.25) is 0 Å². The van der Waals surface area contributed by atoms with Crippen LogP contribution in [0.1, 0.15) is 0 Å². The van der Waals surface area contributed by atoms with Crippen LogP contribution < -0.4 is 0 Å². The van der Waals surface area contributed by atoms with Crippen molar-refractivity contribution in [1.29, 1.82) is 0 Å². The van der Waals surface area contributed by atoms with Crippen LogP contribution in [0.4, 0.5) is 0 Å². The summed E-state index contributed by atoms with van der Waals surface area (Å²) in [5.41, 5.74) is 7.58. The molecule has 3 heteroatoms. The molecule has 0 unspecified atom stereocenters. The zero-order chi connectivity index (χ0) is 21.9. The van der Waals surface area contributed by atoms with E-state index in [2.05, 4.69) is 89.5 Å². The van der Waals surface area contributed by atoms with E-state index in [9.17, 15) is 0 Å². The molecule has 2 nitrogen and oxygen atoms in total. The van der Waals surface area contributed by atoms with Gasteiger partial charge in [-0.25, -0.2) is 0 Å². The average Bonchev–Trinajstić information content (AvgIpc) is 3.39. The van der Waals surface area contributed by atoms with Crippen LogP contribution in [0.5, 0.6) is 0 Å². The van der Waals surface area contributed by atoms with E-state index in [1.165, 1.54) is 21.8 Å². The lowest BCUT2D eigenvalue weighted by Gasteiger charge is -2.08. The van der Waals surface area contributed by atoms with Gasteiger partial charge in [0.15, 0.2) is 0 Å². The molecular weight excluding hydrogens is 426 g/mol. The van der Waals surface area contributed by atoms with Gasteiger partial charge in [-0.1, -0.05) is 66.2 Å². The summed E-state index contributed by atoms with van der Waals surface area (Å²) in [5, 5.41) is 5.32. The number of benzene rings is 5. The number of halogens is 1. The molecule has 0 atom stereocenters. The number of para-hydroxylation sites is 2. The number of aromatic nitrogens is 1. The Bertz CT molecular complexity index is 1830. The van der Waals surface area contributed by atoms with E-state index in [0.717, 1.165) is 38.8 Å². The summed E-state index contributed by atoms with van der Waals surface area (Å²) in [6.07, 6.45) is 0. The van der Waals surface area contributed by atoms with Gasteiger partial charge >= 0.3 is 0 Å². The lowest BCUT2D eigenvalue weighted by Crippen LogP contribution is -1.92. The Labute approximate surface area is 195 Å². The fraction of sp³-hybridized carbons (Fsp3) is 0. The predicted octanol–water partition coefficient (Wildman–Crippen LogP) is 9.00. The normalized spacial score (nSPS) is 11.8. The molecule has 0 spiro atoms. The van der Waals surface area contributed by atoms with E-state index in [1.807, 2.05) is 24.3 Å². The quantitative estimate of drug-likeness (QED) is 0.260. The predicted molar refractivity (Wildman–Crippen MR) is 139 cm³/mol. The van der Waals surface area contributed by atoms with Crippen molar-refractivity contribution in [2.24, 2.45) is 0 Å². The first-order chi connectivity index (χ1) is 16.3. The average molecular weight is 444 g/mol. The van der Waals surface area contributed by atoms with E-state index in [1.54, 1.807) is 0 Å². The van der Waals surface area contributed by atoms with Crippen molar-refractivity contribution in [2.75, 3.05) is 0 Å². The smallest absolute Gasteiger partial charge is 0.136 e. The fourth-order valence-corrected chi connectivity index (χ4v) is 5.21. The number of hydrogen-bond donors (Lipinski definition) is 0. The molecule has 0 N–H and O–H groups in total. The monoisotopic (exact) mass is 443 g/mol. The van der Waals surface area contributed by atoms with Gasteiger partial charge in [0.25, 0.3) is 0 Å². The molecule has 156 valence electrons. The highest BCUT2D eigenvalue weighted by Crippen LogP contribution is 2.40. The molecule has 0 aliphatic carbocycles. The van der Waals surface area contributed by atoms with Crippen LogP contribution in [0.15, 0.2) is 114 Å². The van der Waals surface area contributed by atoms with Crippen LogP contribution >= 0.6 is 11.6 Å². The summed E-state index contributed by atoms with van der Waals surface area (Å²) in [7, 11) is 0. The van der Waals surface area contributed by atoms with Crippen LogP contribution in [-0.4, -0.2) is 4.57 Å². The Hall–Kier alpha value is -4.01. The summed E-state index contributed by atoms with van der Waals surface area (Å²) in [6.45, 7) is 0. The molecular formula is C30H18ClNO. The highest BCUT2D eigenvalue weighted by Gasteiger charge is 2.16. The van der Waals surface area contributed by atoms with Crippen molar-refractivity contribution >= 4 is 55.3 Å². The third kappa shape index (κ3) is 2.75. The van der Waals surface area contributed by atoms with E-state index < -0.39 is 0 Å². The van der Waals surface area contributed by atoms with E-state index in [0.29, 0.717) is 5.02 Å². The SMILES string of the molecule is Clc1ccc2oc3cccc(-c4ccc5c(c4)c4ccccc4n5-c4ccccc4)c3c2c1. The molecule has 0 aliphatic heterocycles. The number of furan rings is 1. The Kier molecular flexibility index (Phi) is 3.93. The van der Waals surface area contributed by atoms with Crippen molar-refractivity contribution in [2.45, 2.75) is 0 Å². The second kappa shape index (κ2) is 6.99. The fourth-order valence-electron chi connectivity index (χ4n) is 5.04. The molecule has 2 heterocycles. The van der Waals surface area contributed by atoms with Crippen LogP contribution in [-0.2, 0) is 0 Å². The van der Waals surface area contributed by atoms with Gasteiger partial charge in [-0.15, -0.1) is 0 Å². The maximum absolute atomic E-state index is 6.33. The Balaban J connectivity index is 1.55. The highest BCUT2D eigenvalue weighted by molar-refractivity contribution is 6.32. The van der Waals surface area contributed by atoms with Crippen molar-refractivity contribution in [3.8, 4) is 16.8 Å². The number of nitrogens with zero attached hydrogens (tertiary/aromatic N) is 1. The summed E-state index contributed by atoms with van der Waals surface area (Å²) < 4.78 is 8.46. The zero-order valence-electron chi connectivity index (χ0n) is 17.6. The molecule has 0 radical (unpaired) electrons. The van der Waals surface area contributed by atoms with Crippen LogP contribution in [0.2, 0.25) is 5.02 Å². The Morgan fingerprint density at radius 3 is 2.30 bits per heavy atom. The summed E-state index contributed by atoms with van der Waals surface area (Å²) in [6, 6.07) is 37.9. The first-order valence-electron chi connectivity index (χ1n) is 11.0. The molecule has 0 saturated heterocycles. The van der Waals surface area contributed by atoms with Gasteiger partial charge in [-0.05, 0) is 65.7 Å². The van der Waals surface area contributed by atoms with Crippen LogP contribution in [0.3, 0.4) is 0 Å². The minimum atomic E-state index is 0.710. The Morgan fingerprint density at radius 2 is 1.39 bits per heavy atom. The van der Waals surface area contributed by atoms with Crippen molar-refractivity contribution in [3.05, 3.63) is 114 Å². The summed E-state index contributed by atoms with van der Waals surface area (Å²) in [4.78, 5) is 0. The molecule has 2 aromatic heterocycles. The maximum Gasteiger partial charge on any atom is 0.136 e. The minimum Gasteiger partial charge on any atom is -0.456 e. The van der Waals surface area contributed by atoms with Crippen molar-refractivity contribution in [3.63, 3.8) is 0 Å². The first-order valence-corrected chi connectivity index (χ1v) is 11.4. The third-order valence-electron chi connectivity index (χ3n) is 6.46. The minimum absolute atomic E-state index is 0.710. The molecule has 7 rings (SSSR count). The van der Waals surface area contributed by atoms with Gasteiger partial charge in [-0.2, -0.15) is 0 Å². The topological polar surface area (TPSA) is 18.1 Å². The Morgan fingerprint density at radius 1 is 0.576 bits per heavy atom. The van der Waals surface area contributed by atoms with Gasteiger partial charge in [0.05, 0.1) is 11.0 Å². The standard InChI is InChI=1S/C30H18ClNO/c31-20-14-16-28-25(18-20)30-22(10-6-12-29(30)33-28)19-13-15-27-24(17-19)23-9-4-5-11-26(23)32(27)21-7-2-1-3-8-21/h1-18H. The van der Waals surface area contributed by atoms with Gasteiger partial charge in [-0.3, -0.25) is 0 Å².